The van der Waals surface area contributed by atoms with Gasteiger partial charge in [0.05, 0.1) is 11.3 Å². The fraction of sp³-hybridized carbons (Fsp3) is 0.429. The van der Waals surface area contributed by atoms with Crippen LogP contribution in [0.2, 0.25) is 0 Å². The lowest BCUT2D eigenvalue weighted by atomic mass is 9.73. The number of benzene rings is 1. The monoisotopic (exact) mass is 277 g/mol. The van der Waals surface area contributed by atoms with E-state index in [0.717, 1.165) is 37.7 Å². The molecule has 100 valence electrons. The number of aromatic nitrogens is 3. The SMILES string of the molecule is ClCc1nc(C2(c3ccccc3)CCOCC2)n[nH]1. The van der Waals surface area contributed by atoms with Crippen molar-refractivity contribution in [2.24, 2.45) is 0 Å². The molecule has 1 aromatic carbocycles. The fourth-order valence-electron chi connectivity index (χ4n) is 2.69. The summed E-state index contributed by atoms with van der Waals surface area (Å²) in [5, 5.41) is 7.30. The third kappa shape index (κ3) is 2.26. The van der Waals surface area contributed by atoms with Crippen molar-refractivity contribution >= 4 is 11.6 Å². The van der Waals surface area contributed by atoms with Crippen LogP contribution in [0, 0.1) is 0 Å². The van der Waals surface area contributed by atoms with Gasteiger partial charge in [0.25, 0.3) is 0 Å². The van der Waals surface area contributed by atoms with Crippen molar-refractivity contribution in [3.63, 3.8) is 0 Å². The van der Waals surface area contributed by atoms with Gasteiger partial charge < -0.3 is 4.74 Å². The number of hydrogen-bond donors (Lipinski definition) is 1. The van der Waals surface area contributed by atoms with Gasteiger partial charge in [-0.25, -0.2) is 4.98 Å². The first-order chi connectivity index (χ1) is 9.35. The summed E-state index contributed by atoms with van der Waals surface area (Å²) in [6.07, 6.45) is 1.80. The van der Waals surface area contributed by atoms with Crippen LogP contribution in [0.4, 0.5) is 0 Å². The Morgan fingerprint density at radius 3 is 2.58 bits per heavy atom. The molecule has 1 fully saturated rings. The summed E-state index contributed by atoms with van der Waals surface area (Å²) in [6.45, 7) is 1.47. The van der Waals surface area contributed by atoms with E-state index in [9.17, 15) is 0 Å². The van der Waals surface area contributed by atoms with E-state index >= 15 is 0 Å². The molecule has 0 spiro atoms. The van der Waals surface area contributed by atoms with Gasteiger partial charge in [-0.05, 0) is 18.4 Å². The van der Waals surface area contributed by atoms with E-state index < -0.39 is 0 Å². The fourth-order valence-corrected chi connectivity index (χ4v) is 2.81. The molecule has 0 amide bonds. The van der Waals surface area contributed by atoms with Crippen molar-refractivity contribution < 1.29 is 4.74 Å². The van der Waals surface area contributed by atoms with Crippen molar-refractivity contribution in [2.75, 3.05) is 13.2 Å². The summed E-state index contributed by atoms with van der Waals surface area (Å²) < 4.78 is 5.51. The largest absolute Gasteiger partial charge is 0.381 e. The molecule has 1 aliphatic heterocycles. The third-order valence-corrected chi connectivity index (χ3v) is 4.01. The zero-order chi connectivity index (χ0) is 13.1. The molecule has 0 atom stereocenters. The zero-order valence-electron chi connectivity index (χ0n) is 10.6. The predicted octanol–water partition coefficient (Wildman–Crippen LogP) is 2.64. The van der Waals surface area contributed by atoms with Crippen LogP contribution in [0.15, 0.2) is 30.3 Å². The van der Waals surface area contributed by atoms with Crippen LogP contribution in [0.25, 0.3) is 0 Å². The molecule has 1 saturated heterocycles. The maximum atomic E-state index is 5.81. The standard InChI is InChI=1S/C14H16ClN3O/c15-10-12-16-13(18-17-12)14(6-8-19-9-7-14)11-4-2-1-3-5-11/h1-5H,6-10H2,(H,16,17,18). The summed E-state index contributed by atoms with van der Waals surface area (Å²) in [4.78, 5) is 4.55. The number of nitrogens with zero attached hydrogens (tertiary/aromatic N) is 2. The summed E-state index contributed by atoms with van der Waals surface area (Å²) in [5.74, 6) is 1.91. The highest BCUT2D eigenvalue weighted by Gasteiger charge is 2.39. The number of aromatic amines is 1. The quantitative estimate of drug-likeness (QED) is 0.878. The first-order valence-electron chi connectivity index (χ1n) is 6.46. The van der Waals surface area contributed by atoms with E-state index in [1.165, 1.54) is 5.56 Å². The highest BCUT2D eigenvalue weighted by molar-refractivity contribution is 6.16. The maximum Gasteiger partial charge on any atom is 0.161 e. The third-order valence-electron chi connectivity index (χ3n) is 3.76. The molecule has 5 heteroatoms. The average Bonchev–Trinajstić information content (AvgIpc) is 2.98. The highest BCUT2D eigenvalue weighted by Crippen LogP contribution is 2.39. The molecule has 0 aliphatic carbocycles. The molecule has 0 bridgehead atoms. The molecule has 1 N–H and O–H groups in total. The number of H-pyrrole nitrogens is 1. The minimum Gasteiger partial charge on any atom is -0.381 e. The van der Waals surface area contributed by atoms with Crippen LogP contribution in [-0.4, -0.2) is 28.4 Å². The van der Waals surface area contributed by atoms with Gasteiger partial charge >= 0.3 is 0 Å². The smallest absolute Gasteiger partial charge is 0.161 e. The van der Waals surface area contributed by atoms with Crippen LogP contribution >= 0.6 is 11.6 Å². The molecule has 2 aromatic rings. The zero-order valence-corrected chi connectivity index (χ0v) is 11.4. The molecule has 0 saturated carbocycles. The lowest BCUT2D eigenvalue weighted by Gasteiger charge is -2.35. The Kier molecular flexibility index (Phi) is 3.53. The second-order valence-electron chi connectivity index (χ2n) is 4.80. The van der Waals surface area contributed by atoms with E-state index in [4.69, 9.17) is 16.3 Å². The topological polar surface area (TPSA) is 50.8 Å². The normalized spacial score (nSPS) is 18.4. The molecule has 19 heavy (non-hydrogen) atoms. The lowest BCUT2D eigenvalue weighted by molar-refractivity contribution is 0.0605. The molecule has 0 unspecified atom stereocenters. The number of hydrogen-bond acceptors (Lipinski definition) is 3. The van der Waals surface area contributed by atoms with E-state index in [1.54, 1.807) is 0 Å². The molecular weight excluding hydrogens is 262 g/mol. The summed E-state index contributed by atoms with van der Waals surface area (Å²) in [7, 11) is 0. The Bertz CT molecular complexity index is 535. The van der Waals surface area contributed by atoms with Gasteiger partial charge in [-0.3, -0.25) is 5.10 Å². The van der Waals surface area contributed by atoms with Crippen LogP contribution in [-0.2, 0) is 16.0 Å². The minimum absolute atomic E-state index is 0.152. The van der Waals surface area contributed by atoms with Gasteiger partial charge in [0.2, 0.25) is 0 Å². The minimum atomic E-state index is -0.152. The first-order valence-corrected chi connectivity index (χ1v) is 6.99. The number of ether oxygens (including phenoxy) is 1. The highest BCUT2D eigenvalue weighted by atomic mass is 35.5. The van der Waals surface area contributed by atoms with E-state index in [1.807, 2.05) is 6.07 Å². The first kappa shape index (κ1) is 12.6. The van der Waals surface area contributed by atoms with E-state index in [2.05, 4.69) is 39.4 Å². The average molecular weight is 278 g/mol. The number of rotatable bonds is 3. The van der Waals surface area contributed by atoms with E-state index in [0.29, 0.717) is 5.88 Å². The van der Waals surface area contributed by atoms with Crippen molar-refractivity contribution in [2.45, 2.75) is 24.1 Å². The lowest BCUT2D eigenvalue weighted by Crippen LogP contribution is -2.36. The van der Waals surface area contributed by atoms with Crippen LogP contribution in [0.3, 0.4) is 0 Å². The van der Waals surface area contributed by atoms with Crippen molar-refractivity contribution in [3.8, 4) is 0 Å². The van der Waals surface area contributed by atoms with Crippen LogP contribution < -0.4 is 0 Å². The Hall–Kier alpha value is -1.39. The second-order valence-corrected chi connectivity index (χ2v) is 5.07. The Labute approximate surface area is 117 Å². The number of nitrogens with one attached hydrogen (secondary N) is 1. The summed E-state index contributed by atoms with van der Waals surface area (Å²) >= 11 is 5.81. The van der Waals surface area contributed by atoms with E-state index in [-0.39, 0.29) is 5.41 Å². The molecular formula is C14H16ClN3O. The predicted molar refractivity (Wildman–Crippen MR) is 73.2 cm³/mol. The summed E-state index contributed by atoms with van der Waals surface area (Å²) in [5.41, 5.74) is 1.10. The Balaban J connectivity index is 2.06. The van der Waals surface area contributed by atoms with Gasteiger partial charge in [0, 0.05) is 13.2 Å². The van der Waals surface area contributed by atoms with Gasteiger partial charge in [-0.2, -0.15) is 5.10 Å². The van der Waals surface area contributed by atoms with Crippen LogP contribution in [0.1, 0.15) is 30.1 Å². The van der Waals surface area contributed by atoms with Gasteiger partial charge in [-0.15, -0.1) is 11.6 Å². The molecule has 1 aromatic heterocycles. The maximum absolute atomic E-state index is 5.81. The van der Waals surface area contributed by atoms with Gasteiger partial charge in [0.1, 0.15) is 5.82 Å². The van der Waals surface area contributed by atoms with Crippen molar-refractivity contribution in [1.82, 2.24) is 15.2 Å². The molecule has 4 nitrogen and oxygen atoms in total. The molecule has 0 radical (unpaired) electrons. The molecule has 2 heterocycles. The number of alkyl halides is 1. The van der Waals surface area contributed by atoms with Crippen LogP contribution in [0.5, 0.6) is 0 Å². The summed E-state index contributed by atoms with van der Waals surface area (Å²) in [6, 6.07) is 10.4. The Morgan fingerprint density at radius 1 is 1.21 bits per heavy atom. The molecule has 3 rings (SSSR count). The number of halogens is 1. The second kappa shape index (κ2) is 5.31. The van der Waals surface area contributed by atoms with Gasteiger partial charge in [0.15, 0.2) is 5.82 Å². The molecule has 1 aliphatic rings. The Morgan fingerprint density at radius 2 is 1.95 bits per heavy atom. The van der Waals surface area contributed by atoms with Crippen molar-refractivity contribution in [1.29, 1.82) is 0 Å². The van der Waals surface area contributed by atoms with Gasteiger partial charge in [-0.1, -0.05) is 30.3 Å². The van der Waals surface area contributed by atoms with Crippen molar-refractivity contribution in [3.05, 3.63) is 47.5 Å².